The Hall–Kier alpha value is -3.54. The zero-order valence-electron chi connectivity index (χ0n) is 16.9. The van der Waals surface area contributed by atoms with Crippen molar-refractivity contribution in [3.63, 3.8) is 0 Å². The van der Waals surface area contributed by atoms with Crippen molar-refractivity contribution < 1.29 is 0 Å². The number of hydrogen-bond acceptors (Lipinski definition) is 4. The number of hydrogen-bond donors (Lipinski definition) is 1. The number of aryl methyl sites for hydroxylation is 1. The molecule has 4 aromatic heterocycles. The summed E-state index contributed by atoms with van der Waals surface area (Å²) in [5, 5.41) is 0. The van der Waals surface area contributed by atoms with Gasteiger partial charge in [0.1, 0.15) is 5.52 Å². The molecule has 0 aliphatic heterocycles. The lowest BCUT2D eigenvalue weighted by Gasteiger charge is -2.21. The average molecular weight is 382 g/mol. The van der Waals surface area contributed by atoms with E-state index in [0.29, 0.717) is 0 Å². The van der Waals surface area contributed by atoms with Gasteiger partial charge in [-0.05, 0) is 57.0 Å². The van der Waals surface area contributed by atoms with Crippen LogP contribution in [-0.4, -0.2) is 29.5 Å². The maximum atomic E-state index is 4.91. The van der Waals surface area contributed by atoms with Gasteiger partial charge in [0.25, 0.3) is 0 Å². The highest BCUT2D eigenvalue weighted by Crippen LogP contribution is 2.31. The minimum atomic E-state index is -0.0429. The fourth-order valence-electron chi connectivity index (χ4n) is 3.66. The molecule has 0 bridgehead atoms. The van der Waals surface area contributed by atoms with Crippen LogP contribution in [0, 0.1) is 6.92 Å². The van der Waals surface area contributed by atoms with Gasteiger partial charge in [-0.15, -0.1) is 0 Å². The van der Waals surface area contributed by atoms with Crippen molar-refractivity contribution in [3.05, 3.63) is 60.9 Å². The third kappa shape index (κ3) is 2.97. The molecule has 0 aliphatic rings. The molecule has 144 valence electrons. The summed E-state index contributed by atoms with van der Waals surface area (Å²) >= 11 is 0. The molecule has 0 spiro atoms. The molecule has 5 aromatic rings. The van der Waals surface area contributed by atoms with Gasteiger partial charge in [-0.1, -0.05) is 6.07 Å². The first-order chi connectivity index (χ1) is 13.9. The maximum absolute atomic E-state index is 4.91. The van der Waals surface area contributed by atoms with Crippen LogP contribution < -0.4 is 0 Å². The lowest BCUT2D eigenvalue weighted by atomic mass is 10.1. The van der Waals surface area contributed by atoms with Crippen molar-refractivity contribution in [2.45, 2.75) is 33.2 Å². The fourth-order valence-corrected chi connectivity index (χ4v) is 3.66. The lowest BCUT2D eigenvalue weighted by molar-refractivity contribution is 0.408. The number of rotatable bonds is 2. The molecule has 0 saturated heterocycles. The van der Waals surface area contributed by atoms with Crippen LogP contribution in [0.2, 0.25) is 0 Å². The van der Waals surface area contributed by atoms with E-state index >= 15 is 0 Å². The second kappa shape index (κ2) is 6.24. The van der Waals surface area contributed by atoms with Crippen LogP contribution >= 0.6 is 0 Å². The van der Waals surface area contributed by atoms with E-state index in [9.17, 15) is 0 Å². The second-order valence-electron chi connectivity index (χ2n) is 8.39. The number of imidazole rings is 1. The summed E-state index contributed by atoms with van der Waals surface area (Å²) in [5.74, 6) is 0. The topological polar surface area (TPSA) is 72.3 Å². The Kier molecular flexibility index (Phi) is 3.77. The van der Waals surface area contributed by atoms with Crippen LogP contribution in [0.15, 0.2) is 55.4 Å². The minimum Gasteiger partial charge on any atom is -0.344 e. The van der Waals surface area contributed by atoms with Crippen molar-refractivity contribution in [2.24, 2.45) is 0 Å². The van der Waals surface area contributed by atoms with E-state index in [4.69, 9.17) is 4.98 Å². The fraction of sp³-hybridized carbons (Fsp3) is 0.217. The van der Waals surface area contributed by atoms with E-state index in [2.05, 4.69) is 69.5 Å². The predicted molar refractivity (Wildman–Crippen MR) is 116 cm³/mol. The molecule has 6 heteroatoms. The van der Waals surface area contributed by atoms with Gasteiger partial charge >= 0.3 is 0 Å². The molecule has 6 nitrogen and oxygen atoms in total. The highest BCUT2D eigenvalue weighted by atomic mass is 15.1. The summed E-state index contributed by atoms with van der Waals surface area (Å²) in [4.78, 5) is 21.6. The monoisotopic (exact) mass is 382 g/mol. The van der Waals surface area contributed by atoms with Crippen molar-refractivity contribution in [1.82, 2.24) is 29.5 Å². The largest absolute Gasteiger partial charge is 0.344 e. The summed E-state index contributed by atoms with van der Waals surface area (Å²) in [6, 6.07) is 8.41. The highest BCUT2D eigenvalue weighted by molar-refractivity contribution is 5.94. The lowest BCUT2D eigenvalue weighted by Crippen LogP contribution is -2.20. The number of benzene rings is 1. The maximum Gasteiger partial charge on any atom is 0.156 e. The molecular weight excluding hydrogens is 360 g/mol. The van der Waals surface area contributed by atoms with Gasteiger partial charge in [-0.2, -0.15) is 0 Å². The molecule has 0 amide bonds. The van der Waals surface area contributed by atoms with E-state index in [0.717, 1.165) is 50.1 Å². The van der Waals surface area contributed by atoms with Crippen molar-refractivity contribution in [3.8, 4) is 22.4 Å². The minimum absolute atomic E-state index is 0.0429. The molecule has 1 aromatic carbocycles. The molecule has 0 atom stereocenters. The molecule has 0 radical (unpaired) electrons. The zero-order valence-corrected chi connectivity index (χ0v) is 16.9. The Morgan fingerprint density at radius 3 is 2.62 bits per heavy atom. The Balaban J connectivity index is 1.68. The van der Waals surface area contributed by atoms with Gasteiger partial charge < -0.3 is 9.55 Å². The third-order valence-corrected chi connectivity index (χ3v) is 5.13. The van der Waals surface area contributed by atoms with E-state index in [-0.39, 0.29) is 5.54 Å². The Morgan fingerprint density at radius 2 is 1.83 bits per heavy atom. The smallest absolute Gasteiger partial charge is 0.156 e. The van der Waals surface area contributed by atoms with Crippen molar-refractivity contribution >= 4 is 22.2 Å². The molecular formula is C23H22N6. The van der Waals surface area contributed by atoms with Crippen LogP contribution in [0.25, 0.3) is 44.6 Å². The van der Waals surface area contributed by atoms with Crippen molar-refractivity contribution in [1.29, 1.82) is 0 Å². The van der Waals surface area contributed by atoms with Crippen LogP contribution in [-0.2, 0) is 5.54 Å². The van der Waals surface area contributed by atoms with Crippen LogP contribution in [0.3, 0.4) is 0 Å². The number of nitrogens with one attached hydrogen (secondary N) is 1. The molecule has 5 rings (SSSR count). The standard InChI is InChI=1S/C23H22N6/c1-14-7-16(10-24-9-14)19-12-26-22-21(28-19)17(11-25-22)15-5-6-18-20(8-15)29(13-27-18)23(2,3)4/h5-13H,1-4H3,(H,25,26). The molecule has 0 saturated carbocycles. The SMILES string of the molecule is Cc1cncc(-c2cnc3[nH]cc(-c4ccc5ncn(C(C)(C)C)c5c4)c3n2)c1. The molecule has 0 aliphatic carbocycles. The number of H-pyrrole nitrogens is 1. The van der Waals surface area contributed by atoms with Crippen LogP contribution in [0.5, 0.6) is 0 Å². The summed E-state index contributed by atoms with van der Waals surface area (Å²) in [7, 11) is 0. The van der Waals surface area contributed by atoms with E-state index in [1.54, 1.807) is 6.20 Å². The third-order valence-electron chi connectivity index (χ3n) is 5.13. The summed E-state index contributed by atoms with van der Waals surface area (Å²) in [6.45, 7) is 8.57. The summed E-state index contributed by atoms with van der Waals surface area (Å²) in [6.07, 6.45) is 9.33. The highest BCUT2D eigenvalue weighted by Gasteiger charge is 2.17. The van der Waals surface area contributed by atoms with Crippen LogP contribution in [0.4, 0.5) is 0 Å². The number of pyridine rings is 1. The van der Waals surface area contributed by atoms with Gasteiger partial charge in [-0.3, -0.25) is 4.98 Å². The van der Waals surface area contributed by atoms with Gasteiger partial charge in [-0.25, -0.2) is 15.0 Å². The first-order valence-corrected chi connectivity index (χ1v) is 9.64. The zero-order chi connectivity index (χ0) is 20.2. The number of aromatic nitrogens is 6. The predicted octanol–water partition coefficient (Wildman–Crippen LogP) is 5.10. The van der Waals surface area contributed by atoms with Crippen LogP contribution in [0.1, 0.15) is 26.3 Å². The quantitative estimate of drug-likeness (QED) is 0.461. The Labute approximate surface area is 168 Å². The molecule has 0 unspecified atom stereocenters. The summed E-state index contributed by atoms with van der Waals surface area (Å²) in [5.41, 5.74) is 8.67. The second-order valence-corrected chi connectivity index (χ2v) is 8.39. The summed E-state index contributed by atoms with van der Waals surface area (Å²) < 4.78 is 2.20. The van der Waals surface area contributed by atoms with Gasteiger partial charge in [0, 0.05) is 35.3 Å². The van der Waals surface area contributed by atoms with Gasteiger partial charge in [0.2, 0.25) is 0 Å². The normalized spacial score (nSPS) is 12.1. The number of fused-ring (bicyclic) bond motifs is 2. The van der Waals surface area contributed by atoms with Gasteiger partial charge in [0.15, 0.2) is 5.65 Å². The van der Waals surface area contributed by atoms with E-state index in [1.165, 1.54) is 0 Å². The molecule has 4 heterocycles. The Morgan fingerprint density at radius 1 is 0.966 bits per heavy atom. The van der Waals surface area contributed by atoms with E-state index < -0.39 is 0 Å². The average Bonchev–Trinajstić information content (AvgIpc) is 3.30. The first-order valence-electron chi connectivity index (χ1n) is 9.64. The van der Waals surface area contributed by atoms with E-state index in [1.807, 2.05) is 31.8 Å². The van der Waals surface area contributed by atoms with Crippen molar-refractivity contribution in [2.75, 3.05) is 0 Å². The first kappa shape index (κ1) is 17.6. The number of nitrogens with zero attached hydrogens (tertiary/aromatic N) is 5. The van der Waals surface area contributed by atoms with Gasteiger partial charge in [0.05, 0.1) is 29.3 Å². The number of aromatic amines is 1. The molecule has 29 heavy (non-hydrogen) atoms. The molecule has 0 fully saturated rings. The molecule has 1 N–H and O–H groups in total. The Bertz CT molecular complexity index is 1350.